The van der Waals surface area contributed by atoms with Crippen molar-refractivity contribution in [3.8, 4) is 0 Å². The molecule has 1 saturated heterocycles. The standard InChI is InChI=1S/C15H20ClN3O2/c1-9(2)12-6-11(7-13(16)18-12)15(21)19-5-3-4-10(8-19)14(17)20/h6-7,9-10H,3-5,8H2,1-2H3,(H2,17,20). The van der Waals surface area contributed by atoms with Crippen molar-refractivity contribution in [2.75, 3.05) is 13.1 Å². The third kappa shape index (κ3) is 3.73. The third-order valence-electron chi connectivity index (χ3n) is 3.76. The van der Waals surface area contributed by atoms with Crippen molar-refractivity contribution < 1.29 is 9.59 Å². The van der Waals surface area contributed by atoms with Crippen LogP contribution in [-0.2, 0) is 4.79 Å². The number of nitrogens with two attached hydrogens (primary N) is 1. The Morgan fingerprint density at radius 1 is 1.43 bits per heavy atom. The average Bonchev–Trinajstić information content (AvgIpc) is 2.45. The van der Waals surface area contributed by atoms with E-state index < -0.39 is 0 Å². The largest absolute Gasteiger partial charge is 0.369 e. The minimum atomic E-state index is -0.344. The summed E-state index contributed by atoms with van der Waals surface area (Å²) in [4.78, 5) is 29.8. The van der Waals surface area contributed by atoms with E-state index in [9.17, 15) is 9.59 Å². The Labute approximate surface area is 129 Å². The summed E-state index contributed by atoms with van der Waals surface area (Å²) in [6.07, 6.45) is 1.53. The van der Waals surface area contributed by atoms with Gasteiger partial charge in [0.05, 0.1) is 5.92 Å². The molecule has 1 aromatic rings. The topological polar surface area (TPSA) is 76.3 Å². The molecule has 6 heteroatoms. The fourth-order valence-electron chi connectivity index (χ4n) is 2.51. The highest BCUT2D eigenvalue weighted by Crippen LogP contribution is 2.22. The second-order valence-electron chi connectivity index (χ2n) is 5.75. The molecule has 0 saturated carbocycles. The van der Waals surface area contributed by atoms with Crippen LogP contribution in [0, 0.1) is 5.92 Å². The molecule has 0 radical (unpaired) electrons. The van der Waals surface area contributed by atoms with Gasteiger partial charge in [0.15, 0.2) is 0 Å². The number of halogens is 1. The van der Waals surface area contributed by atoms with Crippen LogP contribution in [0.1, 0.15) is 48.7 Å². The number of primary amides is 1. The Morgan fingerprint density at radius 2 is 2.14 bits per heavy atom. The van der Waals surface area contributed by atoms with Crippen LogP contribution in [0.5, 0.6) is 0 Å². The van der Waals surface area contributed by atoms with Crippen LogP contribution >= 0.6 is 11.6 Å². The number of carbonyl (C=O) groups excluding carboxylic acids is 2. The van der Waals surface area contributed by atoms with Crippen LogP contribution in [0.4, 0.5) is 0 Å². The summed E-state index contributed by atoms with van der Waals surface area (Å²) in [6, 6.07) is 3.34. The molecule has 114 valence electrons. The first kappa shape index (κ1) is 15.8. The molecule has 1 aromatic heterocycles. The number of hydrogen-bond acceptors (Lipinski definition) is 3. The van der Waals surface area contributed by atoms with E-state index in [-0.39, 0.29) is 23.7 Å². The highest BCUT2D eigenvalue weighted by molar-refractivity contribution is 6.29. The van der Waals surface area contributed by atoms with Crippen LogP contribution < -0.4 is 5.73 Å². The Kier molecular flexibility index (Phi) is 4.83. The summed E-state index contributed by atoms with van der Waals surface area (Å²) in [5.74, 6) is -0.533. The second-order valence-corrected chi connectivity index (χ2v) is 6.14. The molecule has 2 heterocycles. The first-order chi connectivity index (χ1) is 9.88. The zero-order valence-electron chi connectivity index (χ0n) is 12.3. The minimum absolute atomic E-state index is 0.118. The van der Waals surface area contributed by atoms with Crippen LogP contribution in [0.3, 0.4) is 0 Å². The van der Waals surface area contributed by atoms with E-state index in [2.05, 4.69) is 4.98 Å². The van der Waals surface area contributed by atoms with Crippen LogP contribution in [0.25, 0.3) is 0 Å². The van der Waals surface area contributed by atoms with E-state index in [0.717, 1.165) is 18.5 Å². The van der Waals surface area contributed by atoms with Gasteiger partial charge in [-0.1, -0.05) is 25.4 Å². The molecular formula is C15H20ClN3O2. The van der Waals surface area contributed by atoms with Crippen molar-refractivity contribution in [3.63, 3.8) is 0 Å². The molecule has 0 bridgehead atoms. The maximum absolute atomic E-state index is 12.6. The minimum Gasteiger partial charge on any atom is -0.369 e. The molecule has 2 N–H and O–H groups in total. The van der Waals surface area contributed by atoms with Gasteiger partial charge in [0.2, 0.25) is 5.91 Å². The third-order valence-corrected chi connectivity index (χ3v) is 3.96. The molecule has 21 heavy (non-hydrogen) atoms. The quantitative estimate of drug-likeness (QED) is 0.870. The van der Waals surface area contributed by atoms with Crippen molar-refractivity contribution in [1.29, 1.82) is 0 Å². The van der Waals surface area contributed by atoms with Crippen molar-refractivity contribution in [3.05, 3.63) is 28.5 Å². The molecule has 0 spiro atoms. The maximum atomic E-state index is 12.6. The SMILES string of the molecule is CC(C)c1cc(C(=O)N2CCCC(C(N)=O)C2)cc(Cl)n1. The average molecular weight is 310 g/mol. The van der Waals surface area contributed by atoms with E-state index in [1.165, 1.54) is 0 Å². The van der Waals surface area contributed by atoms with E-state index in [0.29, 0.717) is 23.8 Å². The lowest BCUT2D eigenvalue weighted by Gasteiger charge is -2.31. The lowest BCUT2D eigenvalue weighted by Crippen LogP contribution is -2.44. The molecule has 1 fully saturated rings. The number of nitrogens with zero attached hydrogens (tertiary/aromatic N) is 2. The van der Waals surface area contributed by atoms with Crippen molar-refractivity contribution >= 4 is 23.4 Å². The maximum Gasteiger partial charge on any atom is 0.254 e. The number of hydrogen-bond donors (Lipinski definition) is 1. The summed E-state index contributed by atoms with van der Waals surface area (Å²) >= 11 is 6.00. The number of carbonyl (C=O) groups is 2. The molecular weight excluding hydrogens is 290 g/mol. The summed E-state index contributed by atoms with van der Waals surface area (Å²) < 4.78 is 0. The van der Waals surface area contributed by atoms with Gasteiger partial charge in [-0.2, -0.15) is 0 Å². The zero-order valence-corrected chi connectivity index (χ0v) is 13.1. The van der Waals surface area contributed by atoms with Gasteiger partial charge in [-0.3, -0.25) is 9.59 Å². The Morgan fingerprint density at radius 3 is 2.76 bits per heavy atom. The molecule has 2 amide bonds. The normalized spacial score (nSPS) is 18.9. The Balaban J connectivity index is 2.21. The second kappa shape index (κ2) is 6.43. The first-order valence-electron chi connectivity index (χ1n) is 7.14. The van der Waals surface area contributed by atoms with Crippen molar-refractivity contribution in [2.45, 2.75) is 32.6 Å². The van der Waals surface area contributed by atoms with Crippen LogP contribution in [-0.4, -0.2) is 34.8 Å². The van der Waals surface area contributed by atoms with E-state index in [1.54, 1.807) is 17.0 Å². The van der Waals surface area contributed by atoms with E-state index >= 15 is 0 Å². The molecule has 1 aliphatic heterocycles. The van der Waals surface area contributed by atoms with Crippen LogP contribution in [0.15, 0.2) is 12.1 Å². The molecule has 1 atom stereocenters. The first-order valence-corrected chi connectivity index (χ1v) is 7.52. The predicted molar refractivity (Wildman–Crippen MR) is 81.2 cm³/mol. The highest BCUT2D eigenvalue weighted by Gasteiger charge is 2.28. The van der Waals surface area contributed by atoms with Gasteiger partial charge in [0.25, 0.3) is 5.91 Å². The van der Waals surface area contributed by atoms with Crippen LogP contribution in [0.2, 0.25) is 5.15 Å². The van der Waals surface area contributed by atoms with Gasteiger partial charge in [-0.25, -0.2) is 4.98 Å². The fourth-order valence-corrected chi connectivity index (χ4v) is 2.73. The van der Waals surface area contributed by atoms with Crippen molar-refractivity contribution in [1.82, 2.24) is 9.88 Å². The zero-order chi connectivity index (χ0) is 15.6. The highest BCUT2D eigenvalue weighted by atomic mass is 35.5. The number of aromatic nitrogens is 1. The summed E-state index contributed by atoms with van der Waals surface area (Å²) in [7, 11) is 0. The summed E-state index contributed by atoms with van der Waals surface area (Å²) in [5, 5.41) is 0.313. The van der Waals surface area contributed by atoms with Crippen molar-refractivity contribution in [2.24, 2.45) is 11.7 Å². The van der Waals surface area contributed by atoms with Gasteiger partial charge in [-0.05, 0) is 30.9 Å². The number of rotatable bonds is 3. The molecule has 0 aliphatic carbocycles. The summed E-state index contributed by atoms with van der Waals surface area (Å²) in [5.41, 5.74) is 6.65. The molecule has 1 aliphatic rings. The smallest absolute Gasteiger partial charge is 0.254 e. The number of piperidine rings is 1. The van der Waals surface area contributed by atoms with E-state index in [1.807, 2.05) is 13.8 Å². The lowest BCUT2D eigenvalue weighted by atomic mass is 9.96. The van der Waals surface area contributed by atoms with Gasteiger partial charge < -0.3 is 10.6 Å². The number of likely N-dealkylation sites (tertiary alicyclic amines) is 1. The van der Waals surface area contributed by atoms with Gasteiger partial charge in [0, 0.05) is 24.3 Å². The van der Waals surface area contributed by atoms with Gasteiger partial charge >= 0.3 is 0 Å². The number of pyridine rings is 1. The Hall–Kier alpha value is -1.62. The van der Waals surface area contributed by atoms with E-state index in [4.69, 9.17) is 17.3 Å². The predicted octanol–water partition coefficient (Wildman–Crippen LogP) is 2.20. The summed E-state index contributed by atoms with van der Waals surface area (Å²) in [6.45, 7) is 5.01. The molecule has 1 unspecified atom stereocenters. The Bertz CT molecular complexity index is 560. The lowest BCUT2D eigenvalue weighted by molar-refractivity contribution is -0.123. The number of amides is 2. The van der Waals surface area contributed by atoms with Gasteiger partial charge in [-0.15, -0.1) is 0 Å². The molecule has 0 aromatic carbocycles. The molecule has 5 nitrogen and oxygen atoms in total. The van der Waals surface area contributed by atoms with Gasteiger partial charge in [0.1, 0.15) is 5.15 Å². The molecule has 2 rings (SSSR count). The fraction of sp³-hybridized carbons (Fsp3) is 0.533. The monoisotopic (exact) mass is 309 g/mol.